The number of anilines is 1. The highest BCUT2D eigenvalue weighted by molar-refractivity contribution is 9.10. The number of hydrogen-bond donors (Lipinski definition) is 1. The highest BCUT2D eigenvalue weighted by Crippen LogP contribution is 2.64. The molecule has 0 aliphatic heterocycles. The Morgan fingerprint density at radius 2 is 2.09 bits per heavy atom. The molecule has 1 unspecified atom stereocenters. The van der Waals surface area contributed by atoms with Gasteiger partial charge in [-0.25, -0.2) is 4.68 Å². The van der Waals surface area contributed by atoms with E-state index >= 15 is 0 Å². The number of amides is 1. The standard InChI is InChI=1S/C15H14BrCl2N3O/c1-14(9-15(14,17)18)13(22)20-12-6-7-19-21(12)8-10-4-2-3-5-11(10)16/h2-7H,8-9H2,1H3,(H,20,22). The van der Waals surface area contributed by atoms with E-state index in [4.69, 9.17) is 23.2 Å². The van der Waals surface area contributed by atoms with Crippen LogP contribution in [0.1, 0.15) is 18.9 Å². The summed E-state index contributed by atoms with van der Waals surface area (Å²) in [6, 6.07) is 9.64. The highest BCUT2D eigenvalue weighted by Gasteiger charge is 2.68. The monoisotopic (exact) mass is 401 g/mol. The van der Waals surface area contributed by atoms with Crippen molar-refractivity contribution in [1.29, 1.82) is 0 Å². The molecule has 4 nitrogen and oxygen atoms in total. The second kappa shape index (κ2) is 5.55. The third-order valence-corrected chi connectivity index (χ3v) is 5.87. The number of nitrogens with zero attached hydrogens (tertiary/aromatic N) is 2. The lowest BCUT2D eigenvalue weighted by Crippen LogP contribution is -2.27. The van der Waals surface area contributed by atoms with Crippen LogP contribution in [0.2, 0.25) is 0 Å². The Bertz CT molecular complexity index is 731. The van der Waals surface area contributed by atoms with E-state index < -0.39 is 9.75 Å². The van der Waals surface area contributed by atoms with Crippen molar-refractivity contribution in [3.8, 4) is 0 Å². The van der Waals surface area contributed by atoms with E-state index in [1.165, 1.54) is 0 Å². The van der Waals surface area contributed by atoms with Gasteiger partial charge >= 0.3 is 0 Å². The maximum atomic E-state index is 12.4. The van der Waals surface area contributed by atoms with Crippen LogP contribution in [0.25, 0.3) is 0 Å². The summed E-state index contributed by atoms with van der Waals surface area (Å²) in [6.07, 6.45) is 2.10. The van der Waals surface area contributed by atoms with E-state index in [-0.39, 0.29) is 5.91 Å². The highest BCUT2D eigenvalue weighted by atomic mass is 79.9. The third-order valence-electron chi connectivity index (χ3n) is 4.00. The van der Waals surface area contributed by atoms with Crippen LogP contribution < -0.4 is 5.32 Å². The van der Waals surface area contributed by atoms with Crippen molar-refractivity contribution in [3.63, 3.8) is 0 Å². The number of rotatable bonds is 4. The van der Waals surface area contributed by atoms with E-state index in [0.29, 0.717) is 18.8 Å². The second-order valence-corrected chi connectivity index (χ2v) is 7.97. The number of alkyl halides is 2. The summed E-state index contributed by atoms with van der Waals surface area (Å²) in [5.74, 6) is 0.435. The smallest absolute Gasteiger partial charge is 0.234 e. The van der Waals surface area contributed by atoms with Crippen LogP contribution in [0.3, 0.4) is 0 Å². The molecule has 1 atom stereocenters. The first-order valence-electron chi connectivity index (χ1n) is 6.78. The van der Waals surface area contributed by atoms with E-state index in [1.807, 2.05) is 24.3 Å². The fraction of sp³-hybridized carbons (Fsp3) is 0.333. The quantitative estimate of drug-likeness (QED) is 0.778. The minimum atomic E-state index is -0.982. The lowest BCUT2D eigenvalue weighted by molar-refractivity contribution is -0.120. The molecule has 1 N–H and O–H groups in total. The fourth-order valence-electron chi connectivity index (χ4n) is 2.25. The predicted molar refractivity (Wildman–Crippen MR) is 91.3 cm³/mol. The van der Waals surface area contributed by atoms with Gasteiger partial charge in [0, 0.05) is 10.5 Å². The molecule has 2 aromatic rings. The molecule has 1 aliphatic carbocycles. The molecule has 0 bridgehead atoms. The van der Waals surface area contributed by atoms with Crippen LogP contribution in [0.4, 0.5) is 5.82 Å². The Labute approximate surface area is 146 Å². The van der Waals surface area contributed by atoms with Crippen molar-refractivity contribution in [2.45, 2.75) is 24.2 Å². The SMILES string of the molecule is CC1(C(=O)Nc2ccnn2Cc2ccccc2Br)CC1(Cl)Cl. The number of hydrogen-bond acceptors (Lipinski definition) is 2. The molecule has 0 spiro atoms. The lowest BCUT2D eigenvalue weighted by Gasteiger charge is -2.14. The van der Waals surface area contributed by atoms with Gasteiger partial charge in [0.2, 0.25) is 5.91 Å². The summed E-state index contributed by atoms with van der Waals surface area (Å²) in [5, 5.41) is 7.13. The Morgan fingerprint density at radius 1 is 1.41 bits per heavy atom. The van der Waals surface area contributed by atoms with Gasteiger partial charge in [0.25, 0.3) is 0 Å². The van der Waals surface area contributed by atoms with Gasteiger partial charge in [0.15, 0.2) is 0 Å². The van der Waals surface area contributed by atoms with Crippen molar-refractivity contribution in [3.05, 3.63) is 46.6 Å². The summed E-state index contributed by atoms with van der Waals surface area (Å²) >= 11 is 15.6. The molecular formula is C15H14BrCl2N3O. The molecule has 0 radical (unpaired) electrons. The molecule has 3 rings (SSSR count). The third kappa shape index (κ3) is 2.77. The number of nitrogens with one attached hydrogen (secondary N) is 1. The topological polar surface area (TPSA) is 46.9 Å². The number of carbonyl (C=O) groups excluding carboxylic acids is 1. The van der Waals surface area contributed by atoms with Crippen LogP contribution in [0.15, 0.2) is 41.0 Å². The maximum absolute atomic E-state index is 12.4. The minimum Gasteiger partial charge on any atom is -0.310 e. The van der Waals surface area contributed by atoms with Crippen LogP contribution in [-0.4, -0.2) is 20.0 Å². The number of benzene rings is 1. The Morgan fingerprint density at radius 3 is 2.73 bits per heavy atom. The molecule has 1 fully saturated rings. The van der Waals surface area contributed by atoms with Crippen LogP contribution in [0, 0.1) is 5.41 Å². The average Bonchev–Trinajstić information content (AvgIpc) is 2.80. The van der Waals surface area contributed by atoms with Gasteiger partial charge in [-0.2, -0.15) is 5.10 Å². The lowest BCUT2D eigenvalue weighted by atomic mass is 10.1. The van der Waals surface area contributed by atoms with Gasteiger partial charge in [0.1, 0.15) is 10.2 Å². The first kappa shape index (κ1) is 15.8. The fourth-order valence-corrected chi connectivity index (χ4v) is 3.37. The predicted octanol–water partition coefficient (Wildman–Crippen LogP) is 4.22. The average molecular weight is 403 g/mol. The molecule has 1 aromatic carbocycles. The molecule has 1 aromatic heterocycles. The molecule has 1 amide bonds. The molecule has 1 heterocycles. The van der Waals surface area contributed by atoms with Gasteiger partial charge in [-0.1, -0.05) is 34.1 Å². The van der Waals surface area contributed by atoms with Crippen molar-refractivity contribution in [2.75, 3.05) is 5.32 Å². The normalized spacial score (nSPS) is 22.4. The van der Waals surface area contributed by atoms with Crippen molar-refractivity contribution < 1.29 is 4.79 Å². The van der Waals surface area contributed by atoms with Gasteiger partial charge in [-0.15, -0.1) is 23.2 Å². The summed E-state index contributed by atoms with van der Waals surface area (Å²) in [4.78, 5) is 12.4. The molecule has 0 saturated heterocycles. The van der Waals surface area contributed by atoms with Gasteiger partial charge < -0.3 is 5.32 Å². The molecule has 7 heteroatoms. The second-order valence-electron chi connectivity index (χ2n) is 5.63. The summed E-state index contributed by atoms with van der Waals surface area (Å²) in [5.41, 5.74) is 0.321. The molecular weight excluding hydrogens is 389 g/mol. The number of aromatic nitrogens is 2. The van der Waals surface area contributed by atoms with Crippen molar-refractivity contribution in [1.82, 2.24) is 9.78 Å². The van der Waals surface area contributed by atoms with E-state index in [1.54, 1.807) is 23.9 Å². The largest absolute Gasteiger partial charge is 0.310 e. The Balaban J connectivity index is 1.76. The van der Waals surface area contributed by atoms with Crippen LogP contribution >= 0.6 is 39.1 Å². The summed E-state index contributed by atoms with van der Waals surface area (Å²) in [7, 11) is 0. The zero-order valence-electron chi connectivity index (χ0n) is 11.8. The number of halogens is 3. The van der Waals surface area contributed by atoms with Gasteiger partial charge in [-0.3, -0.25) is 4.79 Å². The first-order chi connectivity index (χ1) is 10.3. The minimum absolute atomic E-state index is 0.189. The zero-order valence-corrected chi connectivity index (χ0v) is 14.9. The van der Waals surface area contributed by atoms with E-state index in [2.05, 4.69) is 26.3 Å². The Kier molecular flexibility index (Phi) is 4.00. The van der Waals surface area contributed by atoms with E-state index in [0.717, 1.165) is 10.0 Å². The van der Waals surface area contributed by atoms with Crippen LogP contribution in [-0.2, 0) is 11.3 Å². The van der Waals surface area contributed by atoms with Crippen molar-refractivity contribution in [2.24, 2.45) is 5.41 Å². The van der Waals surface area contributed by atoms with Gasteiger partial charge in [0.05, 0.1) is 18.2 Å². The molecule has 1 aliphatic rings. The summed E-state index contributed by atoms with van der Waals surface area (Å²) in [6.45, 7) is 2.31. The Hall–Kier alpha value is -1.04. The molecule has 116 valence electrons. The van der Waals surface area contributed by atoms with Crippen LogP contribution in [0.5, 0.6) is 0 Å². The number of carbonyl (C=O) groups is 1. The van der Waals surface area contributed by atoms with Crippen molar-refractivity contribution >= 4 is 50.9 Å². The van der Waals surface area contributed by atoms with Gasteiger partial charge in [-0.05, 0) is 25.0 Å². The first-order valence-corrected chi connectivity index (χ1v) is 8.33. The maximum Gasteiger partial charge on any atom is 0.234 e. The summed E-state index contributed by atoms with van der Waals surface area (Å²) < 4.78 is 1.75. The zero-order chi connectivity index (χ0) is 16.0. The van der Waals surface area contributed by atoms with E-state index in [9.17, 15) is 4.79 Å². The molecule has 1 saturated carbocycles. The molecule has 22 heavy (non-hydrogen) atoms.